The van der Waals surface area contributed by atoms with Gasteiger partial charge in [0.15, 0.2) is 0 Å². The van der Waals surface area contributed by atoms with E-state index in [1.807, 2.05) is 60.7 Å². The van der Waals surface area contributed by atoms with Crippen molar-refractivity contribution in [3.05, 3.63) is 114 Å². The van der Waals surface area contributed by atoms with Crippen LogP contribution in [0.4, 0.5) is 5.69 Å². The second kappa shape index (κ2) is 12.3. The molecule has 2 atom stereocenters. The predicted octanol–water partition coefficient (Wildman–Crippen LogP) is 2.94. The summed E-state index contributed by atoms with van der Waals surface area (Å²) in [6.45, 7) is -0.544. The maximum Gasteiger partial charge on any atom is 0.305 e. The molecule has 4 aromatic carbocycles. The Labute approximate surface area is 240 Å². The van der Waals surface area contributed by atoms with Crippen molar-refractivity contribution in [1.29, 1.82) is 0 Å². The smallest absolute Gasteiger partial charge is 0.305 e. The zero-order valence-corrected chi connectivity index (χ0v) is 22.3. The predicted molar refractivity (Wildman–Crippen MR) is 156 cm³/mol. The number of aliphatic carboxylic acids is 1. The third-order valence-corrected chi connectivity index (χ3v) is 6.76. The lowest BCUT2D eigenvalue weighted by Crippen LogP contribution is -2.51. The number of hydrogen-bond acceptors (Lipinski definition) is 6. The summed E-state index contributed by atoms with van der Waals surface area (Å²) in [7, 11) is 0. The van der Waals surface area contributed by atoms with Crippen LogP contribution in [0.25, 0.3) is 10.8 Å². The van der Waals surface area contributed by atoms with Crippen molar-refractivity contribution in [2.24, 2.45) is 4.99 Å². The van der Waals surface area contributed by atoms with Gasteiger partial charge in [0, 0.05) is 16.7 Å². The molecule has 1 heterocycles. The van der Waals surface area contributed by atoms with Crippen molar-refractivity contribution in [2.75, 3.05) is 11.4 Å². The van der Waals surface area contributed by atoms with Crippen molar-refractivity contribution in [2.45, 2.75) is 18.6 Å². The van der Waals surface area contributed by atoms with Crippen LogP contribution in [0.15, 0.2) is 102 Å². The zero-order chi connectivity index (χ0) is 29.6. The number of aliphatic imine (C=N–C) groups is 1. The Morgan fingerprint density at radius 1 is 0.905 bits per heavy atom. The number of anilines is 1. The first kappa shape index (κ1) is 27.9. The molecule has 3 N–H and O–H groups in total. The van der Waals surface area contributed by atoms with Crippen molar-refractivity contribution in [3.63, 3.8) is 0 Å². The molecule has 0 aromatic heterocycles. The van der Waals surface area contributed by atoms with Crippen LogP contribution in [-0.4, -0.2) is 59.5 Å². The Bertz CT molecular complexity index is 1710. The number of hydrogen-bond donors (Lipinski definition) is 3. The fraction of sp³-hybridized carbons (Fsp3) is 0.125. The minimum atomic E-state index is -1.41. The second-order valence-electron chi connectivity index (χ2n) is 9.60. The van der Waals surface area contributed by atoms with Gasteiger partial charge in [-0.1, -0.05) is 84.9 Å². The van der Waals surface area contributed by atoms with Crippen LogP contribution in [0.5, 0.6) is 0 Å². The lowest BCUT2D eigenvalue weighted by Gasteiger charge is -2.25. The Kier molecular flexibility index (Phi) is 8.14. The van der Waals surface area contributed by atoms with Crippen molar-refractivity contribution < 1.29 is 29.1 Å². The third-order valence-electron chi connectivity index (χ3n) is 6.76. The summed E-state index contributed by atoms with van der Waals surface area (Å²) in [5.41, 5.74) is 2.39. The van der Waals surface area contributed by atoms with Gasteiger partial charge in [-0.05, 0) is 22.9 Å². The Balaban J connectivity index is 1.55. The van der Waals surface area contributed by atoms with E-state index < -0.39 is 48.9 Å². The molecule has 210 valence electrons. The van der Waals surface area contributed by atoms with E-state index in [0.717, 1.165) is 5.39 Å². The van der Waals surface area contributed by atoms with E-state index in [1.165, 1.54) is 4.90 Å². The molecule has 0 saturated carbocycles. The fourth-order valence-corrected chi connectivity index (χ4v) is 4.86. The highest BCUT2D eigenvalue weighted by Crippen LogP contribution is 2.28. The van der Waals surface area contributed by atoms with Gasteiger partial charge in [-0.3, -0.25) is 24.1 Å². The van der Waals surface area contributed by atoms with Gasteiger partial charge in [0.2, 0.25) is 12.1 Å². The van der Waals surface area contributed by atoms with Gasteiger partial charge >= 0.3 is 5.97 Å². The van der Waals surface area contributed by atoms with E-state index in [0.29, 0.717) is 39.8 Å². The zero-order valence-electron chi connectivity index (χ0n) is 22.3. The van der Waals surface area contributed by atoms with Gasteiger partial charge in [-0.2, -0.15) is 0 Å². The van der Waals surface area contributed by atoms with E-state index in [2.05, 4.69) is 10.6 Å². The minimum absolute atomic E-state index is 0.327. The number of fused-ring (bicyclic) bond motifs is 2. The molecule has 1 aliphatic rings. The first-order chi connectivity index (χ1) is 20.4. The van der Waals surface area contributed by atoms with Gasteiger partial charge in [0.1, 0.15) is 12.8 Å². The van der Waals surface area contributed by atoms with Gasteiger partial charge in [0.05, 0.1) is 23.9 Å². The molecule has 0 bridgehead atoms. The van der Waals surface area contributed by atoms with E-state index in [1.54, 1.807) is 36.4 Å². The first-order valence-electron chi connectivity index (χ1n) is 13.1. The number of carbonyl (C=O) groups excluding carboxylic acids is 4. The number of amides is 3. The minimum Gasteiger partial charge on any atom is -0.481 e. The summed E-state index contributed by atoms with van der Waals surface area (Å²) in [4.78, 5) is 69.0. The summed E-state index contributed by atoms with van der Waals surface area (Å²) >= 11 is 0. The van der Waals surface area contributed by atoms with E-state index in [4.69, 9.17) is 10.1 Å². The Hall–Kier alpha value is -5.64. The molecule has 0 fully saturated rings. The highest BCUT2D eigenvalue weighted by Gasteiger charge is 2.34. The molecule has 1 aliphatic heterocycles. The average molecular weight is 563 g/mol. The molecular weight excluding hydrogens is 536 g/mol. The summed E-state index contributed by atoms with van der Waals surface area (Å²) in [6, 6.07) is 27.4. The summed E-state index contributed by atoms with van der Waals surface area (Å²) in [6.07, 6.45) is -1.69. The van der Waals surface area contributed by atoms with Gasteiger partial charge < -0.3 is 20.5 Å². The number of nitrogens with zero attached hydrogens (tertiary/aromatic N) is 2. The van der Waals surface area contributed by atoms with Gasteiger partial charge in [-0.15, -0.1) is 0 Å². The quantitative estimate of drug-likeness (QED) is 0.268. The molecule has 10 nitrogen and oxygen atoms in total. The molecule has 0 saturated heterocycles. The molecule has 3 amide bonds. The highest BCUT2D eigenvalue weighted by atomic mass is 16.4. The monoisotopic (exact) mass is 562 g/mol. The number of rotatable bonds is 9. The molecule has 42 heavy (non-hydrogen) atoms. The van der Waals surface area contributed by atoms with Crippen LogP contribution in [-0.2, 0) is 19.2 Å². The number of carbonyl (C=O) groups is 5. The molecule has 0 radical (unpaired) electrons. The standard InChI is InChI=1S/C32H26N4O6/c37-19-22(17-28(39)40)33-27(38)18-36-26-16-7-6-14-25(26)29(21-10-2-1-3-11-21)34-30(32(36)42)35-31(41)24-15-8-12-20-9-4-5-13-23(20)24/h1-16,19,22,30H,17-18H2,(H,33,38)(H,35,41)(H,39,40)/t22-,30?/m0/s1. The van der Waals surface area contributed by atoms with Crippen LogP contribution < -0.4 is 15.5 Å². The maximum atomic E-state index is 14.0. The summed E-state index contributed by atoms with van der Waals surface area (Å²) < 4.78 is 0. The number of aldehydes is 1. The largest absolute Gasteiger partial charge is 0.481 e. The van der Waals surface area contributed by atoms with E-state index in [-0.39, 0.29) is 0 Å². The fourth-order valence-electron chi connectivity index (χ4n) is 4.86. The third kappa shape index (κ3) is 5.92. The Morgan fingerprint density at radius 3 is 2.36 bits per heavy atom. The van der Waals surface area contributed by atoms with E-state index in [9.17, 15) is 24.0 Å². The molecule has 0 aliphatic carbocycles. The number of benzodiazepines with no additional fused rings is 1. The lowest BCUT2D eigenvalue weighted by molar-refractivity contribution is -0.138. The molecule has 5 rings (SSSR count). The number of carboxylic acid groups (broad SMARTS) is 1. The first-order valence-corrected chi connectivity index (χ1v) is 13.1. The van der Waals surface area contributed by atoms with Crippen LogP contribution in [0.1, 0.15) is 27.9 Å². The summed E-state index contributed by atoms with van der Waals surface area (Å²) in [5, 5.41) is 15.7. The lowest BCUT2D eigenvalue weighted by atomic mass is 10.0. The van der Waals surface area contributed by atoms with Crippen molar-refractivity contribution in [3.8, 4) is 0 Å². The molecule has 4 aromatic rings. The maximum absolute atomic E-state index is 14.0. The van der Waals surface area contributed by atoms with Crippen LogP contribution in [0.3, 0.4) is 0 Å². The molecule has 1 unspecified atom stereocenters. The van der Waals surface area contributed by atoms with Crippen LogP contribution in [0.2, 0.25) is 0 Å². The van der Waals surface area contributed by atoms with Crippen molar-refractivity contribution >= 4 is 52.1 Å². The SMILES string of the molecule is O=C[C@H](CC(=O)O)NC(=O)CN1C(=O)C(NC(=O)c2cccc3ccccc23)N=C(c2ccccc2)c2ccccc21. The van der Waals surface area contributed by atoms with Gasteiger partial charge in [-0.25, -0.2) is 4.99 Å². The van der Waals surface area contributed by atoms with Crippen molar-refractivity contribution in [1.82, 2.24) is 10.6 Å². The second-order valence-corrected chi connectivity index (χ2v) is 9.60. The topological polar surface area (TPSA) is 145 Å². The highest BCUT2D eigenvalue weighted by molar-refractivity contribution is 6.21. The normalized spacial score (nSPS) is 15.1. The molecule has 10 heteroatoms. The van der Waals surface area contributed by atoms with Crippen LogP contribution in [0, 0.1) is 0 Å². The molecule has 0 spiro atoms. The number of nitrogens with one attached hydrogen (secondary N) is 2. The van der Waals surface area contributed by atoms with Gasteiger partial charge in [0.25, 0.3) is 11.8 Å². The average Bonchev–Trinajstić information content (AvgIpc) is 3.11. The Morgan fingerprint density at radius 2 is 1.60 bits per heavy atom. The number of benzene rings is 4. The summed E-state index contributed by atoms with van der Waals surface area (Å²) in [5.74, 6) is -3.23. The molecular formula is C32H26N4O6. The number of carboxylic acids is 1. The van der Waals surface area contributed by atoms with Crippen LogP contribution >= 0.6 is 0 Å². The van der Waals surface area contributed by atoms with E-state index >= 15 is 0 Å². The number of para-hydroxylation sites is 1.